The van der Waals surface area contributed by atoms with E-state index in [1.54, 1.807) is 0 Å². The normalized spacial score (nSPS) is 56.5. The first-order valence-corrected chi connectivity index (χ1v) is 4.09. The number of aliphatic hydroxyl groups excluding tert-OH is 3. The summed E-state index contributed by atoms with van der Waals surface area (Å²) >= 11 is 0. The summed E-state index contributed by atoms with van der Waals surface area (Å²) < 4.78 is 0. The third kappa shape index (κ3) is 0.980. The summed E-state index contributed by atoms with van der Waals surface area (Å²) in [5.41, 5.74) is 0. The third-order valence-corrected chi connectivity index (χ3v) is 2.93. The Kier molecular flexibility index (Phi) is 1.64. The maximum atomic E-state index is 9.41. The van der Waals surface area contributed by atoms with Crippen molar-refractivity contribution in [3.63, 3.8) is 0 Å². The summed E-state index contributed by atoms with van der Waals surface area (Å²) in [7, 11) is 0. The fourth-order valence-electron chi connectivity index (χ4n) is 2.04. The Morgan fingerprint density at radius 3 is 2.36 bits per heavy atom. The van der Waals surface area contributed by atoms with Crippen LogP contribution in [-0.2, 0) is 0 Å². The van der Waals surface area contributed by atoms with Crippen LogP contribution in [0.25, 0.3) is 0 Å². The van der Waals surface area contributed by atoms with E-state index >= 15 is 0 Å². The van der Waals surface area contributed by atoms with Gasteiger partial charge in [0.2, 0.25) is 0 Å². The minimum absolute atomic E-state index is 0.174. The highest BCUT2D eigenvalue weighted by Gasteiger charge is 2.49. The molecule has 4 heteroatoms. The van der Waals surface area contributed by atoms with E-state index in [1.807, 2.05) is 0 Å². The molecule has 2 fully saturated rings. The molecule has 0 saturated carbocycles. The van der Waals surface area contributed by atoms with Crippen molar-refractivity contribution in [2.45, 2.75) is 30.8 Å². The van der Waals surface area contributed by atoms with Gasteiger partial charge in [0, 0.05) is 0 Å². The maximum absolute atomic E-state index is 9.41. The van der Waals surface area contributed by atoms with Crippen LogP contribution >= 0.6 is 0 Å². The first kappa shape index (κ1) is 7.49. The first-order valence-electron chi connectivity index (χ1n) is 4.09. The molecule has 0 radical (unpaired) electrons. The Labute approximate surface area is 65.1 Å². The molecule has 11 heavy (non-hydrogen) atoms. The van der Waals surface area contributed by atoms with Crippen LogP contribution in [0.5, 0.6) is 0 Å². The predicted molar refractivity (Wildman–Crippen MR) is 37.1 cm³/mol. The predicted octanol–water partition coefficient (Wildman–Crippen LogP) is -3.26. The maximum Gasteiger partial charge on any atom is 0.134 e. The molecule has 64 valence electrons. The van der Waals surface area contributed by atoms with Crippen LogP contribution in [0, 0.1) is 0 Å². The molecule has 2 aliphatic rings. The van der Waals surface area contributed by atoms with Gasteiger partial charge in [-0.2, -0.15) is 0 Å². The van der Waals surface area contributed by atoms with Crippen LogP contribution in [0.15, 0.2) is 0 Å². The summed E-state index contributed by atoms with van der Waals surface area (Å²) in [6, 6.07) is 0.174. The molecule has 4 nitrogen and oxygen atoms in total. The molecule has 2 saturated heterocycles. The molecule has 5 atom stereocenters. The first-order chi connectivity index (χ1) is 5.20. The van der Waals surface area contributed by atoms with Gasteiger partial charge in [0.15, 0.2) is 0 Å². The summed E-state index contributed by atoms with van der Waals surface area (Å²) in [5.74, 6) is 0. The lowest BCUT2D eigenvalue weighted by Crippen LogP contribution is -3.26. The molecule has 0 bridgehead atoms. The van der Waals surface area contributed by atoms with Crippen molar-refractivity contribution in [3.05, 3.63) is 0 Å². The van der Waals surface area contributed by atoms with Crippen molar-refractivity contribution in [1.29, 1.82) is 0 Å². The molecule has 0 spiro atoms. The van der Waals surface area contributed by atoms with Gasteiger partial charge < -0.3 is 20.2 Å². The van der Waals surface area contributed by atoms with Gasteiger partial charge in [-0.25, -0.2) is 0 Å². The van der Waals surface area contributed by atoms with Crippen molar-refractivity contribution < 1.29 is 20.2 Å². The van der Waals surface area contributed by atoms with Crippen molar-refractivity contribution in [2.75, 3.05) is 13.1 Å². The minimum Gasteiger partial charge on any atom is -0.387 e. The van der Waals surface area contributed by atoms with E-state index in [2.05, 4.69) is 0 Å². The van der Waals surface area contributed by atoms with Crippen LogP contribution in [0.3, 0.4) is 0 Å². The summed E-state index contributed by atoms with van der Waals surface area (Å²) in [6.45, 7) is 1.61. The molecule has 0 aromatic carbocycles. The van der Waals surface area contributed by atoms with E-state index in [0.29, 0.717) is 6.54 Å². The van der Waals surface area contributed by atoms with Gasteiger partial charge in [-0.1, -0.05) is 0 Å². The molecular weight excluding hydrogens is 146 g/mol. The Bertz CT molecular complexity index is 158. The highest BCUT2D eigenvalue weighted by Crippen LogP contribution is 2.13. The molecule has 2 aliphatic heterocycles. The number of quaternary nitrogens is 1. The lowest BCUT2D eigenvalue weighted by molar-refractivity contribution is -0.980. The molecule has 2 heterocycles. The van der Waals surface area contributed by atoms with Crippen LogP contribution in [0.1, 0.15) is 6.42 Å². The van der Waals surface area contributed by atoms with Crippen molar-refractivity contribution in [2.24, 2.45) is 0 Å². The van der Waals surface area contributed by atoms with Gasteiger partial charge in [0.25, 0.3) is 0 Å². The second kappa shape index (κ2) is 2.42. The zero-order valence-corrected chi connectivity index (χ0v) is 6.27. The van der Waals surface area contributed by atoms with Gasteiger partial charge in [0.1, 0.15) is 30.9 Å². The molecule has 4 N–H and O–H groups in total. The Hall–Kier alpha value is -0.160. The highest BCUT2D eigenvalue weighted by atomic mass is 16.4. The number of aliphatic hydroxyl groups is 3. The number of rotatable bonds is 0. The number of nitrogens with one attached hydrogen (secondary N) is 1. The molecule has 0 aromatic rings. The smallest absolute Gasteiger partial charge is 0.134 e. The zero-order chi connectivity index (χ0) is 8.01. The van der Waals surface area contributed by atoms with Crippen molar-refractivity contribution >= 4 is 0 Å². The summed E-state index contributed by atoms with van der Waals surface area (Å²) in [5, 5.41) is 27.9. The van der Waals surface area contributed by atoms with Gasteiger partial charge in [-0.15, -0.1) is 0 Å². The van der Waals surface area contributed by atoms with Crippen molar-refractivity contribution in [1.82, 2.24) is 0 Å². The standard InChI is InChI=1S/C7H13NO3/c9-5-3-8-2-1-4(8)6(10)7(5)11/h4-7,9-11H,1-3H2/p+1. The zero-order valence-electron chi connectivity index (χ0n) is 6.27. The third-order valence-electron chi connectivity index (χ3n) is 2.93. The molecule has 2 rings (SSSR count). The summed E-state index contributed by atoms with van der Waals surface area (Å²) in [6.07, 6.45) is -1.41. The van der Waals surface area contributed by atoms with E-state index in [0.717, 1.165) is 13.0 Å². The lowest BCUT2D eigenvalue weighted by atomic mass is 9.86. The average molecular weight is 160 g/mol. The Balaban J connectivity index is 2.06. The van der Waals surface area contributed by atoms with Crippen LogP contribution in [0.4, 0.5) is 0 Å². The molecule has 0 amide bonds. The lowest BCUT2D eigenvalue weighted by Gasteiger charge is -2.47. The second-order valence-electron chi connectivity index (χ2n) is 3.56. The van der Waals surface area contributed by atoms with E-state index in [9.17, 15) is 15.3 Å². The Morgan fingerprint density at radius 2 is 1.82 bits per heavy atom. The van der Waals surface area contributed by atoms with Crippen LogP contribution in [-0.4, -0.2) is 52.8 Å². The van der Waals surface area contributed by atoms with E-state index in [-0.39, 0.29) is 6.04 Å². The van der Waals surface area contributed by atoms with Gasteiger partial charge in [-0.05, 0) is 0 Å². The SMILES string of the molecule is OC1C[NH+]2CCC2C(O)C1O. The minimum atomic E-state index is -0.927. The number of fused-ring (bicyclic) bond motifs is 1. The van der Waals surface area contributed by atoms with E-state index in [4.69, 9.17) is 0 Å². The highest BCUT2D eigenvalue weighted by molar-refractivity contribution is 4.88. The van der Waals surface area contributed by atoms with E-state index < -0.39 is 18.3 Å². The number of hydrogen-bond donors (Lipinski definition) is 4. The van der Waals surface area contributed by atoms with Gasteiger partial charge in [0.05, 0.1) is 13.0 Å². The molecule has 0 aliphatic carbocycles. The fourth-order valence-corrected chi connectivity index (χ4v) is 2.04. The summed E-state index contributed by atoms with van der Waals surface area (Å²) in [4.78, 5) is 1.23. The number of piperidine rings is 1. The van der Waals surface area contributed by atoms with Crippen LogP contribution in [0.2, 0.25) is 0 Å². The average Bonchev–Trinajstić information content (AvgIpc) is 1.93. The van der Waals surface area contributed by atoms with Crippen LogP contribution < -0.4 is 4.90 Å². The topological polar surface area (TPSA) is 65.1 Å². The Morgan fingerprint density at radius 1 is 1.09 bits per heavy atom. The molecular formula is C7H14NO3+. The van der Waals surface area contributed by atoms with Gasteiger partial charge in [-0.3, -0.25) is 0 Å². The molecule has 0 aromatic heterocycles. The number of hydrogen-bond acceptors (Lipinski definition) is 3. The largest absolute Gasteiger partial charge is 0.387 e. The van der Waals surface area contributed by atoms with E-state index in [1.165, 1.54) is 4.90 Å². The van der Waals surface area contributed by atoms with Crippen molar-refractivity contribution in [3.8, 4) is 0 Å². The fraction of sp³-hybridized carbons (Fsp3) is 1.00. The monoisotopic (exact) mass is 160 g/mol. The quantitative estimate of drug-likeness (QED) is 0.301. The molecule has 5 unspecified atom stereocenters. The van der Waals surface area contributed by atoms with Gasteiger partial charge >= 0.3 is 0 Å². The second-order valence-corrected chi connectivity index (χ2v) is 3.56.